The molecule has 0 unspecified atom stereocenters. The monoisotopic (exact) mass is 224 g/mol. The van der Waals surface area contributed by atoms with Crippen LogP contribution in [-0.4, -0.2) is 16.2 Å². The van der Waals surface area contributed by atoms with Gasteiger partial charge in [0.05, 0.1) is 29.5 Å². The SMILES string of the molecule is C=C1C=Nc2cc(-c3cnc(C)[nH]3)ccc2N1. The molecule has 0 saturated heterocycles. The number of hydrogen-bond acceptors (Lipinski definition) is 3. The molecule has 1 aliphatic rings. The molecule has 84 valence electrons. The third-order valence-corrected chi connectivity index (χ3v) is 2.67. The van der Waals surface area contributed by atoms with E-state index in [1.807, 2.05) is 31.3 Å². The zero-order valence-electron chi connectivity index (χ0n) is 9.49. The van der Waals surface area contributed by atoms with E-state index in [0.29, 0.717) is 0 Å². The Hall–Kier alpha value is -2.36. The minimum absolute atomic E-state index is 0.808. The van der Waals surface area contributed by atoms with Crippen LogP contribution < -0.4 is 5.32 Å². The number of nitrogens with zero attached hydrogens (tertiary/aromatic N) is 2. The van der Waals surface area contributed by atoms with E-state index in [-0.39, 0.29) is 0 Å². The lowest BCUT2D eigenvalue weighted by Crippen LogP contribution is -2.03. The van der Waals surface area contributed by atoms with Gasteiger partial charge >= 0.3 is 0 Å². The fourth-order valence-corrected chi connectivity index (χ4v) is 1.83. The largest absolute Gasteiger partial charge is 0.353 e. The van der Waals surface area contributed by atoms with Crippen molar-refractivity contribution < 1.29 is 0 Å². The Balaban J connectivity index is 2.06. The van der Waals surface area contributed by atoms with Crippen LogP contribution in [0.3, 0.4) is 0 Å². The second kappa shape index (κ2) is 3.59. The topological polar surface area (TPSA) is 53.1 Å². The van der Waals surface area contributed by atoms with Gasteiger partial charge < -0.3 is 10.3 Å². The van der Waals surface area contributed by atoms with E-state index in [1.165, 1.54) is 0 Å². The predicted molar refractivity (Wildman–Crippen MR) is 69.7 cm³/mol. The van der Waals surface area contributed by atoms with Gasteiger partial charge in [-0.1, -0.05) is 12.6 Å². The smallest absolute Gasteiger partial charge is 0.103 e. The first-order valence-electron chi connectivity index (χ1n) is 5.38. The highest BCUT2D eigenvalue weighted by molar-refractivity contribution is 5.92. The number of rotatable bonds is 1. The van der Waals surface area contributed by atoms with E-state index >= 15 is 0 Å². The van der Waals surface area contributed by atoms with Crippen molar-refractivity contribution in [2.75, 3.05) is 5.32 Å². The number of nitrogens with one attached hydrogen (secondary N) is 2. The zero-order chi connectivity index (χ0) is 11.8. The van der Waals surface area contributed by atoms with E-state index in [1.54, 1.807) is 6.21 Å². The number of H-pyrrole nitrogens is 1. The van der Waals surface area contributed by atoms with Gasteiger partial charge in [0.25, 0.3) is 0 Å². The fourth-order valence-electron chi connectivity index (χ4n) is 1.83. The van der Waals surface area contributed by atoms with Gasteiger partial charge in [0, 0.05) is 11.3 Å². The second-order valence-electron chi connectivity index (χ2n) is 4.02. The number of aromatic amines is 1. The molecule has 4 nitrogen and oxygen atoms in total. The number of aryl methyl sites for hydroxylation is 1. The number of aliphatic imine (C=N–C) groups is 1. The van der Waals surface area contributed by atoms with Crippen LogP contribution in [0.15, 0.2) is 41.7 Å². The van der Waals surface area contributed by atoms with Crippen molar-refractivity contribution in [2.45, 2.75) is 6.92 Å². The van der Waals surface area contributed by atoms with Crippen molar-refractivity contribution in [3.63, 3.8) is 0 Å². The van der Waals surface area contributed by atoms with Gasteiger partial charge in [0.2, 0.25) is 0 Å². The molecule has 17 heavy (non-hydrogen) atoms. The molecule has 0 amide bonds. The zero-order valence-corrected chi connectivity index (χ0v) is 9.49. The quantitative estimate of drug-likeness (QED) is 0.782. The molecule has 0 fully saturated rings. The molecule has 0 spiro atoms. The fraction of sp³-hybridized carbons (Fsp3) is 0.0769. The summed E-state index contributed by atoms with van der Waals surface area (Å²) in [5, 5.41) is 3.17. The molecule has 1 aromatic heterocycles. The molecule has 1 aliphatic heterocycles. The summed E-state index contributed by atoms with van der Waals surface area (Å²) in [6, 6.07) is 6.06. The summed E-state index contributed by atoms with van der Waals surface area (Å²) in [6.45, 7) is 5.76. The van der Waals surface area contributed by atoms with Crippen LogP contribution in [0.4, 0.5) is 11.4 Å². The molecule has 2 heterocycles. The molecular formula is C13H12N4. The number of imidazole rings is 1. The summed E-state index contributed by atoms with van der Waals surface area (Å²) >= 11 is 0. The molecule has 2 N–H and O–H groups in total. The number of fused-ring (bicyclic) bond motifs is 1. The van der Waals surface area contributed by atoms with Crippen LogP contribution in [0.1, 0.15) is 5.82 Å². The van der Waals surface area contributed by atoms with Crippen molar-refractivity contribution in [1.29, 1.82) is 0 Å². The molecule has 0 saturated carbocycles. The molecule has 1 aromatic carbocycles. The minimum Gasteiger partial charge on any atom is -0.353 e. The predicted octanol–water partition coefficient (Wildman–Crippen LogP) is 3.03. The number of allylic oxidation sites excluding steroid dienone is 1. The van der Waals surface area contributed by atoms with E-state index in [4.69, 9.17) is 0 Å². The molecule has 2 aromatic rings. The molecule has 0 aliphatic carbocycles. The Kier molecular flexibility index (Phi) is 2.08. The van der Waals surface area contributed by atoms with Gasteiger partial charge in [-0.05, 0) is 19.1 Å². The lowest BCUT2D eigenvalue weighted by atomic mass is 10.1. The maximum absolute atomic E-state index is 4.35. The number of benzene rings is 1. The third-order valence-electron chi connectivity index (χ3n) is 2.67. The van der Waals surface area contributed by atoms with Crippen LogP contribution >= 0.6 is 0 Å². The maximum Gasteiger partial charge on any atom is 0.103 e. The van der Waals surface area contributed by atoms with Gasteiger partial charge in [-0.2, -0.15) is 0 Å². The van der Waals surface area contributed by atoms with Gasteiger partial charge in [-0.3, -0.25) is 4.99 Å². The summed E-state index contributed by atoms with van der Waals surface area (Å²) in [4.78, 5) is 11.7. The summed E-state index contributed by atoms with van der Waals surface area (Å²) in [7, 11) is 0. The first-order valence-corrected chi connectivity index (χ1v) is 5.38. The van der Waals surface area contributed by atoms with E-state index in [2.05, 4.69) is 26.9 Å². The van der Waals surface area contributed by atoms with Crippen LogP contribution in [0, 0.1) is 6.92 Å². The summed E-state index contributed by atoms with van der Waals surface area (Å²) in [5.74, 6) is 0.910. The third kappa shape index (κ3) is 1.73. The number of aromatic nitrogens is 2. The lowest BCUT2D eigenvalue weighted by molar-refractivity contribution is 1.15. The minimum atomic E-state index is 0.808. The highest BCUT2D eigenvalue weighted by atomic mass is 15.0. The number of anilines is 1. The van der Waals surface area contributed by atoms with Crippen molar-refractivity contribution in [2.24, 2.45) is 4.99 Å². The molecule has 0 atom stereocenters. The molecule has 0 bridgehead atoms. The van der Waals surface area contributed by atoms with E-state index < -0.39 is 0 Å². The van der Waals surface area contributed by atoms with Gasteiger partial charge in [-0.15, -0.1) is 0 Å². The van der Waals surface area contributed by atoms with Crippen molar-refractivity contribution in [1.82, 2.24) is 9.97 Å². The first kappa shape index (κ1) is 9.84. The lowest BCUT2D eigenvalue weighted by Gasteiger charge is -2.14. The highest BCUT2D eigenvalue weighted by Crippen LogP contribution is 2.32. The average Bonchev–Trinajstić information content (AvgIpc) is 2.75. The van der Waals surface area contributed by atoms with Gasteiger partial charge in [0.1, 0.15) is 5.82 Å². The standard InChI is InChI=1S/C13H12N4/c1-8-6-15-12-5-10(3-4-11(12)16-8)13-7-14-9(2)17-13/h3-7,16H,1H2,2H3,(H,14,17). The Morgan fingerprint density at radius 3 is 2.94 bits per heavy atom. The Morgan fingerprint density at radius 2 is 2.18 bits per heavy atom. The van der Waals surface area contributed by atoms with Crippen LogP contribution in [0.25, 0.3) is 11.3 Å². The average molecular weight is 224 g/mol. The maximum atomic E-state index is 4.35. The summed E-state index contributed by atoms with van der Waals surface area (Å²) < 4.78 is 0. The number of hydrogen-bond donors (Lipinski definition) is 2. The normalized spacial score (nSPS) is 13.4. The van der Waals surface area contributed by atoms with Crippen molar-refractivity contribution in [3.8, 4) is 11.3 Å². The van der Waals surface area contributed by atoms with Crippen LogP contribution in [0.5, 0.6) is 0 Å². The Morgan fingerprint density at radius 1 is 1.29 bits per heavy atom. The molecule has 0 radical (unpaired) electrons. The van der Waals surface area contributed by atoms with Gasteiger partial charge in [0.15, 0.2) is 0 Å². The van der Waals surface area contributed by atoms with Crippen molar-refractivity contribution >= 4 is 17.6 Å². The highest BCUT2D eigenvalue weighted by Gasteiger charge is 2.09. The molecule has 3 rings (SSSR count). The van der Waals surface area contributed by atoms with Crippen LogP contribution in [-0.2, 0) is 0 Å². The van der Waals surface area contributed by atoms with Crippen molar-refractivity contribution in [3.05, 3.63) is 42.5 Å². The van der Waals surface area contributed by atoms with Crippen LogP contribution in [0.2, 0.25) is 0 Å². The van der Waals surface area contributed by atoms with E-state index in [9.17, 15) is 0 Å². The second-order valence-corrected chi connectivity index (χ2v) is 4.02. The summed E-state index contributed by atoms with van der Waals surface area (Å²) in [6.07, 6.45) is 3.56. The Labute approximate surface area is 99.1 Å². The molecule has 4 heteroatoms. The molecular weight excluding hydrogens is 212 g/mol. The first-order chi connectivity index (χ1) is 8.22. The van der Waals surface area contributed by atoms with E-state index in [0.717, 1.165) is 34.2 Å². The van der Waals surface area contributed by atoms with Gasteiger partial charge in [-0.25, -0.2) is 4.98 Å². The Bertz CT molecular complexity index is 622. The summed E-state index contributed by atoms with van der Waals surface area (Å²) in [5.41, 5.74) is 4.79.